The van der Waals surface area contributed by atoms with Crippen molar-refractivity contribution < 1.29 is 23.4 Å². The number of aromatic hydroxyl groups is 1. The molecule has 1 aromatic rings. The fourth-order valence-corrected chi connectivity index (χ4v) is 3.17. The lowest BCUT2D eigenvalue weighted by molar-refractivity contribution is -0.275. The molecule has 118 valence electrons. The molecule has 0 saturated heterocycles. The molecule has 0 aliphatic heterocycles. The summed E-state index contributed by atoms with van der Waals surface area (Å²) in [6, 6.07) is -0.367. The van der Waals surface area contributed by atoms with Crippen LogP contribution in [0.1, 0.15) is 48.4 Å². The molecule has 1 aliphatic rings. The predicted octanol–water partition coefficient (Wildman–Crippen LogP) is 3.54. The van der Waals surface area contributed by atoms with Gasteiger partial charge >= 0.3 is 6.18 Å². The highest BCUT2D eigenvalue weighted by Gasteiger charge is 2.61. The van der Waals surface area contributed by atoms with Crippen LogP contribution < -0.4 is 5.73 Å². The van der Waals surface area contributed by atoms with Gasteiger partial charge in [0.05, 0.1) is 6.04 Å². The molecule has 1 aromatic carbocycles. The van der Waals surface area contributed by atoms with Crippen molar-refractivity contribution in [2.75, 3.05) is 0 Å². The van der Waals surface area contributed by atoms with Crippen LogP contribution in [0.2, 0.25) is 5.02 Å². The standard InChI is InChI=1S/C14H17ClF3NO2/c1-3-7-5-13(21,14(16,17)18)12(19)8-4-9(15)6(2)11(20)10(7)8/h4,7,12,20-21H,3,5,19H2,1-2H3/t7-,12+,13-/m0/s1. The lowest BCUT2D eigenvalue weighted by Crippen LogP contribution is -2.56. The van der Waals surface area contributed by atoms with Gasteiger partial charge in [0.2, 0.25) is 0 Å². The molecule has 0 saturated carbocycles. The van der Waals surface area contributed by atoms with Crippen molar-refractivity contribution in [1.82, 2.24) is 0 Å². The maximum atomic E-state index is 13.2. The van der Waals surface area contributed by atoms with Crippen LogP contribution in [0.25, 0.3) is 0 Å². The Morgan fingerprint density at radius 3 is 2.52 bits per heavy atom. The van der Waals surface area contributed by atoms with E-state index in [1.807, 2.05) is 0 Å². The van der Waals surface area contributed by atoms with Gasteiger partial charge in [0, 0.05) is 16.1 Å². The molecular weight excluding hydrogens is 307 g/mol. The number of nitrogens with two attached hydrogens (primary N) is 1. The van der Waals surface area contributed by atoms with Crippen molar-refractivity contribution >= 4 is 11.6 Å². The number of halogens is 4. The van der Waals surface area contributed by atoms with E-state index in [9.17, 15) is 23.4 Å². The molecule has 0 spiro atoms. The van der Waals surface area contributed by atoms with Gasteiger partial charge < -0.3 is 15.9 Å². The zero-order valence-electron chi connectivity index (χ0n) is 11.6. The van der Waals surface area contributed by atoms with Gasteiger partial charge in [0.1, 0.15) is 5.75 Å². The van der Waals surface area contributed by atoms with Gasteiger partial charge in [-0.25, -0.2) is 0 Å². The van der Waals surface area contributed by atoms with E-state index >= 15 is 0 Å². The second-order valence-corrected chi connectivity index (χ2v) is 5.95. The minimum atomic E-state index is -4.86. The van der Waals surface area contributed by atoms with Crippen LogP contribution in [-0.4, -0.2) is 22.0 Å². The Balaban J connectivity index is 2.71. The van der Waals surface area contributed by atoms with E-state index in [-0.39, 0.29) is 16.3 Å². The summed E-state index contributed by atoms with van der Waals surface area (Å²) in [6.07, 6.45) is -5.09. The van der Waals surface area contributed by atoms with Gasteiger partial charge in [0.15, 0.2) is 5.60 Å². The Labute approximate surface area is 125 Å². The number of hydrogen-bond donors (Lipinski definition) is 3. The van der Waals surface area contributed by atoms with Gasteiger partial charge in [-0.05, 0) is 37.3 Å². The van der Waals surface area contributed by atoms with Gasteiger partial charge in [-0.3, -0.25) is 0 Å². The molecule has 0 radical (unpaired) electrons. The fraction of sp³-hybridized carbons (Fsp3) is 0.571. The summed E-state index contributed by atoms with van der Waals surface area (Å²) in [5.41, 5.74) is 3.47. The van der Waals surface area contributed by atoms with Crippen LogP contribution in [0.4, 0.5) is 13.2 Å². The molecule has 3 atom stereocenters. The highest BCUT2D eigenvalue weighted by molar-refractivity contribution is 6.31. The first kappa shape index (κ1) is 16.4. The fourth-order valence-electron chi connectivity index (χ4n) is 2.96. The second-order valence-electron chi connectivity index (χ2n) is 5.54. The number of alkyl halides is 3. The number of phenols is 1. The van der Waals surface area contributed by atoms with Crippen LogP contribution in [0.5, 0.6) is 5.75 Å². The summed E-state index contributed by atoms with van der Waals surface area (Å²) in [5, 5.41) is 20.4. The number of hydrogen-bond acceptors (Lipinski definition) is 3. The number of rotatable bonds is 1. The third-order valence-corrected chi connectivity index (χ3v) is 4.75. The molecule has 3 nitrogen and oxygen atoms in total. The van der Waals surface area contributed by atoms with E-state index in [2.05, 4.69) is 0 Å². The van der Waals surface area contributed by atoms with Crippen LogP contribution in [-0.2, 0) is 0 Å². The van der Waals surface area contributed by atoms with Crippen molar-refractivity contribution in [1.29, 1.82) is 0 Å². The van der Waals surface area contributed by atoms with Gasteiger partial charge in [0.25, 0.3) is 0 Å². The average Bonchev–Trinajstić information content (AvgIpc) is 2.39. The molecule has 0 fully saturated rings. The van der Waals surface area contributed by atoms with Gasteiger partial charge in [-0.15, -0.1) is 0 Å². The maximum Gasteiger partial charge on any atom is 0.419 e. The van der Waals surface area contributed by atoms with Crippen molar-refractivity contribution in [2.24, 2.45) is 5.73 Å². The quantitative estimate of drug-likeness (QED) is 0.740. The first-order chi connectivity index (χ1) is 9.54. The van der Waals surface area contributed by atoms with Crippen molar-refractivity contribution in [3.05, 3.63) is 27.8 Å². The minimum absolute atomic E-state index is 0.0565. The molecule has 21 heavy (non-hydrogen) atoms. The van der Waals surface area contributed by atoms with E-state index in [0.717, 1.165) is 0 Å². The van der Waals surface area contributed by atoms with Crippen LogP contribution >= 0.6 is 11.6 Å². The number of aliphatic hydroxyl groups is 1. The molecule has 0 aromatic heterocycles. The topological polar surface area (TPSA) is 66.5 Å². The monoisotopic (exact) mass is 323 g/mol. The summed E-state index contributed by atoms with van der Waals surface area (Å²) in [5.74, 6) is -0.772. The molecule has 7 heteroatoms. The molecule has 4 N–H and O–H groups in total. The summed E-state index contributed by atoms with van der Waals surface area (Å²) < 4.78 is 39.7. The first-order valence-electron chi connectivity index (χ1n) is 6.61. The summed E-state index contributed by atoms with van der Waals surface area (Å²) in [6.45, 7) is 3.28. The highest BCUT2D eigenvalue weighted by atomic mass is 35.5. The van der Waals surface area contributed by atoms with E-state index in [1.54, 1.807) is 13.8 Å². The molecule has 0 heterocycles. The Bertz CT molecular complexity index is 576. The molecular formula is C14H17ClF3NO2. The first-order valence-corrected chi connectivity index (χ1v) is 6.98. The zero-order chi connectivity index (χ0) is 16.2. The van der Waals surface area contributed by atoms with Crippen molar-refractivity contribution in [3.8, 4) is 5.75 Å². The summed E-state index contributed by atoms with van der Waals surface area (Å²) in [4.78, 5) is 0. The normalized spacial score (nSPS) is 29.3. The van der Waals surface area contributed by atoms with Gasteiger partial charge in [-0.2, -0.15) is 13.2 Å². The Hall–Kier alpha value is -0.980. The van der Waals surface area contributed by atoms with E-state index in [1.165, 1.54) is 6.07 Å². The number of fused-ring (bicyclic) bond motifs is 1. The lowest BCUT2D eigenvalue weighted by atomic mass is 9.69. The summed E-state index contributed by atoms with van der Waals surface area (Å²) in [7, 11) is 0. The third kappa shape index (κ3) is 2.29. The second kappa shape index (κ2) is 5.04. The average molecular weight is 324 g/mol. The summed E-state index contributed by atoms with van der Waals surface area (Å²) >= 11 is 5.94. The third-order valence-electron chi connectivity index (χ3n) is 4.36. The van der Waals surface area contributed by atoms with E-state index in [0.29, 0.717) is 17.5 Å². The smallest absolute Gasteiger partial charge is 0.419 e. The highest BCUT2D eigenvalue weighted by Crippen LogP contribution is 2.54. The van der Waals surface area contributed by atoms with Gasteiger partial charge in [-0.1, -0.05) is 18.5 Å². The number of benzene rings is 1. The molecule has 0 unspecified atom stereocenters. The SMILES string of the molecule is CC[C@H]1C[C@@](O)(C(F)(F)F)[C@H](N)c2cc(Cl)c(C)c(O)c21. The minimum Gasteiger partial charge on any atom is -0.507 e. The molecule has 0 amide bonds. The van der Waals surface area contributed by atoms with E-state index < -0.39 is 30.2 Å². The molecule has 0 bridgehead atoms. The predicted molar refractivity (Wildman–Crippen MR) is 73.4 cm³/mol. The lowest BCUT2D eigenvalue weighted by Gasteiger charge is -2.44. The molecule has 2 rings (SSSR count). The maximum absolute atomic E-state index is 13.2. The Kier molecular flexibility index (Phi) is 3.93. The Morgan fingerprint density at radius 2 is 2.05 bits per heavy atom. The Morgan fingerprint density at radius 1 is 1.48 bits per heavy atom. The van der Waals surface area contributed by atoms with Crippen molar-refractivity contribution in [2.45, 2.75) is 50.4 Å². The van der Waals surface area contributed by atoms with Crippen molar-refractivity contribution in [3.63, 3.8) is 0 Å². The van der Waals surface area contributed by atoms with Crippen LogP contribution in [0.3, 0.4) is 0 Å². The van der Waals surface area contributed by atoms with Crippen LogP contribution in [0.15, 0.2) is 6.07 Å². The number of phenolic OH excluding ortho intramolecular Hbond substituents is 1. The largest absolute Gasteiger partial charge is 0.507 e. The van der Waals surface area contributed by atoms with E-state index in [4.69, 9.17) is 17.3 Å². The van der Waals surface area contributed by atoms with Crippen LogP contribution in [0, 0.1) is 6.92 Å². The zero-order valence-corrected chi connectivity index (χ0v) is 12.4. The molecule has 1 aliphatic carbocycles.